The molecular formula is C32H59N2O4S+. The summed E-state index contributed by atoms with van der Waals surface area (Å²) in [5, 5.41) is 3.13. The van der Waals surface area contributed by atoms with Crippen LogP contribution in [0.15, 0.2) is 0 Å². The number of carbonyl (C=O) groups excluding carboxylic acids is 1. The monoisotopic (exact) mass is 567 g/mol. The summed E-state index contributed by atoms with van der Waals surface area (Å²) in [5.41, 5.74) is 1.08. The molecule has 6 nitrogen and oxygen atoms in total. The van der Waals surface area contributed by atoms with Crippen molar-refractivity contribution in [3.8, 4) is 0 Å². The Morgan fingerprint density at radius 2 is 1.67 bits per heavy atom. The Bertz CT molecular complexity index is 952. The van der Waals surface area contributed by atoms with Crippen molar-refractivity contribution in [1.29, 1.82) is 0 Å². The van der Waals surface area contributed by atoms with Crippen molar-refractivity contribution in [3.63, 3.8) is 0 Å². The minimum absolute atomic E-state index is 0.172. The highest BCUT2D eigenvalue weighted by molar-refractivity contribution is 7.85. The van der Waals surface area contributed by atoms with E-state index in [1.54, 1.807) is 0 Å². The second-order valence-corrected chi connectivity index (χ2v) is 16.9. The van der Waals surface area contributed by atoms with Gasteiger partial charge >= 0.3 is 0 Å². The van der Waals surface area contributed by atoms with E-state index in [9.17, 15) is 13.2 Å². The SMILES string of the molecule is C[C@H](CCC(=O)NCCC[N+](C)(C)CCCS(=O)(=O)O)[C@H]1CCC2C3CCC4CCCC[C@]4(C)C3CC[C@@]21C. The first-order chi connectivity index (χ1) is 18.3. The van der Waals surface area contributed by atoms with Crippen LogP contribution >= 0.6 is 0 Å². The number of quaternary nitrogens is 1. The van der Waals surface area contributed by atoms with E-state index in [1.807, 2.05) is 0 Å². The Hall–Kier alpha value is -0.660. The molecule has 0 aromatic heterocycles. The lowest BCUT2D eigenvalue weighted by molar-refractivity contribution is -0.890. The molecule has 7 heteroatoms. The average molecular weight is 568 g/mol. The third-order valence-electron chi connectivity index (χ3n) is 12.6. The largest absolute Gasteiger partial charge is 0.356 e. The number of hydrogen-bond acceptors (Lipinski definition) is 3. The van der Waals surface area contributed by atoms with Gasteiger partial charge in [-0.2, -0.15) is 8.42 Å². The number of carbonyl (C=O) groups is 1. The summed E-state index contributed by atoms with van der Waals surface area (Å²) in [6.07, 6.45) is 17.4. The first-order valence-electron chi connectivity index (χ1n) is 16.3. The van der Waals surface area contributed by atoms with E-state index in [1.165, 1.54) is 64.2 Å². The van der Waals surface area contributed by atoms with Crippen molar-refractivity contribution < 1.29 is 22.2 Å². The second kappa shape index (κ2) is 12.3. The molecule has 0 radical (unpaired) electrons. The van der Waals surface area contributed by atoms with Crippen LogP contribution in [0, 0.1) is 46.3 Å². The number of hydrogen-bond donors (Lipinski definition) is 2. The predicted molar refractivity (Wildman–Crippen MR) is 159 cm³/mol. The van der Waals surface area contributed by atoms with E-state index in [2.05, 4.69) is 40.2 Å². The van der Waals surface area contributed by atoms with E-state index in [0.717, 1.165) is 49.0 Å². The Kier molecular flexibility index (Phi) is 9.86. The number of rotatable bonds is 12. The normalized spacial score (nSPS) is 37.4. The Morgan fingerprint density at radius 1 is 0.949 bits per heavy atom. The molecule has 0 saturated heterocycles. The van der Waals surface area contributed by atoms with E-state index < -0.39 is 10.1 Å². The summed E-state index contributed by atoms with van der Waals surface area (Å²) in [4.78, 5) is 12.7. The van der Waals surface area contributed by atoms with Gasteiger partial charge in [-0.1, -0.05) is 33.6 Å². The molecule has 4 fully saturated rings. The number of nitrogens with zero attached hydrogens (tertiary/aromatic N) is 1. The van der Waals surface area contributed by atoms with Gasteiger partial charge < -0.3 is 9.80 Å². The van der Waals surface area contributed by atoms with Gasteiger partial charge in [-0.05, 0) is 104 Å². The van der Waals surface area contributed by atoms with E-state index in [0.29, 0.717) is 47.2 Å². The van der Waals surface area contributed by atoms with E-state index in [4.69, 9.17) is 4.55 Å². The van der Waals surface area contributed by atoms with Crippen molar-refractivity contribution in [2.75, 3.05) is 39.5 Å². The van der Waals surface area contributed by atoms with Gasteiger partial charge in [0, 0.05) is 25.8 Å². The first kappa shape index (κ1) is 31.3. The van der Waals surface area contributed by atoms with Crippen molar-refractivity contribution in [2.24, 2.45) is 46.3 Å². The second-order valence-electron chi connectivity index (χ2n) is 15.4. The van der Waals surface area contributed by atoms with Gasteiger partial charge in [-0.15, -0.1) is 0 Å². The molecule has 4 saturated carbocycles. The third-order valence-corrected chi connectivity index (χ3v) is 13.4. The molecule has 1 amide bonds. The molecular weight excluding hydrogens is 508 g/mol. The van der Waals surface area contributed by atoms with Crippen LogP contribution in [0.5, 0.6) is 0 Å². The Balaban J connectivity index is 1.20. The maximum Gasteiger partial charge on any atom is 0.265 e. The third kappa shape index (κ3) is 7.23. The van der Waals surface area contributed by atoms with Gasteiger partial charge in [0.05, 0.1) is 32.9 Å². The summed E-state index contributed by atoms with van der Waals surface area (Å²) in [5.74, 6) is 5.13. The lowest BCUT2D eigenvalue weighted by atomic mass is 9.44. The minimum atomic E-state index is -3.89. The molecule has 0 aromatic carbocycles. The standard InChI is InChI=1S/C32H58N2O4S/c1-24(11-16-30(35)33-20-8-21-34(4,5)22-9-23-39(36,37)38)27-14-15-28-26-13-12-25-10-6-7-18-31(25,2)29(26)17-19-32(27,28)3/h24-29H,6-23H2,1-5H3,(H-,33,35,36,37,38)/p+1/t24-,25?,26?,27-,28?,29?,31+,32-/m1/s1. The zero-order chi connectivity index (χ0) is 28.5. The highest BCUT2D eigenvalue weighted by Gasteiger charge is 2.60. The lowest BCUT2D eigenvalue weighted by Gasteiger charge is -2.61. The van der Waals surface area contributed by atoms with Crippen molar-refractivity contribution in [2.45, 2.75) is 111 Å². The van der Waals surface area contributed by atoms with Crippen LogP contribution in [0.1, 0.15) is 111 Å². The van der Waals surface area contributed by atoms with Crippen LogP contribution < -0.4 is 5.32 Å². The molecule has 4 rings (SSSR count). The van der Waals surface area contributed by atoms with Gasteiger partial charge in [0.15, 0.2) is 0 Å². The topological polar surface area (TPSA) is 83.5 Å². The first-order valence-corrected chi connectivity index (χ1v) is 17.9. The molecule has 0 aliphatic heterocycles. The highest BCUT2D eigenvalue weighted by Crippen LogP contribution is 2.68. The molecule has 4 aliphatic carbocycles. The maximum absolute atomic E-state index is 12.7. The van der Waals surface area contributed by atoms with Crippen LogP contribution in [0.4, 0.5) is 0 Å². The molecule has 0 aromatic rings. The van der Waals surface area contributed by atoms with Crippen LogP contribution in [0.3, 0.4) is 0 Å². The highest BCUT2D eigenvalue weighted by atomic mass is 32.2. The van der Waals surface area contributed by atoms with Gasteiger partial charge in [0.2, 0.25) is 5.91 Å². The zero-order valence-electron chi connectivity index (χ0n) is 25.7. The molecule has 0 bridgehead atoms. The molecule has 2 N–H and O–H groups in total. The van der Waals surface area contributed by atoms with Crippen molar-refractivity contribution in [3.05, 3.63) is 0 Å². The molecule has 0 spiro atoms. The quantitative estimate of drug-likeness (QED) is 0.164. The molecule has 226 valence electrons. The smallest absolute Gasteiger partial charge is 0.265 e. The van der Waals surface area contributed by atoms with Crippen LogP contribution in [-0.4, -0.2) is 62.8 Å². The Labute approximate surface area is 239 Å². The summed E-state index contributed by atoms with van der Waals surface area (Å²) >= 11 is 0. The Morgan fingerprint density at radius 3 is 2.41 bits per heavy atom. The predicted octanol–water partition coefficient (Wildman–Crippen LogP) is 6.31. The van der Waals surface area contributed by atoms with Crippen molar-refractivity contribution in [1.82, 2.24) is 5.32 Å². The lowest BCUT2D eigenvalue weighted by Crippen LogP contribution is -2.53. The van der Waals surface area contributed by atoms with Gasteiger partial charge in [-0.25, -0.2) is 0 Å². The number of nitrogens with one attached hydrogen (secondary N) is 1. The van der Waals surface area contributed by atoms with Crippen LogP contribution in [-0.2, 0) is 14.9 Å². The summed E-state index contributed by atoms with van der Waals surface area (Å²) in [6, 6.07) is 0. The molecule has 4 unspecified atom stereocenters. The fraction of sp³-hybridized carbons (Fsp3) is 0.969. The summed E-state index contributed by atoms with van der Waals surface area (Å²) in [6.45, 7) is 9.95. The molecule has 0 heterocycles. The van der Waals surface area contributed by atoms with E-state index in [-0.39, 0.29) is 11.7 Å². The fourth-order valence-electron chi connectivity index (χ4n) is 10.4. The van der Waals surface area contributed by atoms with Gasteiger partial charge in [0.25, 0.3) is 10.1 Å². The van der Waals surface area contributed by atoms with Gasteiger partial charge in [-0.3, -0.25) is 9.35 Å². The maximum atomic E-state index is 12.7. The molecule has 8 atom stereocenters. The number of amides is 1. The zero-order valence-corrected chi connectivity index (χ0v) is 26.5. The summed E-state index contributed by atoms with van der Waals surface area (Å²) in [7, 11) is 0.241. The molecule has 39 heavy (non-hydrogen) atoms. The number of fused-ring (bicyclic) bond motifs is 5. The molecule has 4 aliphatic rings. The van der Waals surface area contributed by atoms with Crippen molar-refractivity contribution >= 4 is 16.0 Å². The van der Waals surface area contributed by atoms with Crippen LogP contribution in [0.2, 0.25) is 0 Å². The fourth-order valence-corrected chi connectivity index (χ4v) is 10.9. The average Bonchev–Trinajstić information content (AvgIpc) is 3.21. The summed E-state index contributed by atoms with van der Waals surface area (Å²) < 4.78 is 31.5. The van der Waals surface area contributed by atoms with Gasteiger partial charge in [0.1, 0.15) is 0 Å². The van der Waals surface area contributed by atoms with Crippen LogP contribution in [0.25, 0.3) is 0 Å². The minimum Gasteiger partial charge on any atom is -0.356 e. The van der Waals surface area contributed by atoms with E-state index >= 15 is 0 Å².